The van der Waals surface area contributed by atoms with E-state index in [4.69, 9.17) is 9.47 Å². The van der Waals surface area contributed by atoms with E-state index in [1.807, 2.05) is 13.8 Å². The van der Waals surface area contributed by atoms with Gasteiger partial charge in [0.15, 0.2) is 0 Å². The van der Waals surface area contributed by atoms with Crippen molar-refractivity contribution in [2.24, 2.45) is 0 Å². The van der Waals surface area contributed by atoms with E-state index in [0.29, 0.717) is 6.61 Å². The quantitative estimate of drug-likeness (QED) is 0.393. The van der Waals surface area contributed by atoms with Crippen molar-refractivity contribution in [2.75, 3.05) is 26.9 Å². The number of ether oxygens (including phenoxy) is 2. The number of esters is 1. The van der Waals surface area contributed by atoms with Crippen molar-refractivity contribution >= 4 is 5.97 Å². The molecule has 21 heavy (non-hydrogen) atoms. The Bertz CT molecular complexity index is 258. The Hall–Kier alpha value is -0.610. The molecule has 0 aromatic carbocycles. The molecule has 0 radical (unpaired) electrons. The fourth-order valence-corrected chi connectivity index (χ4v) is 2.49. The van der Waals surface area contributed by atoms with Crippen LogP contribution in [0.3, 0.4) is 0 Å². The molecule has 4 nitrogen and oxygen atoms in total. The molecule has 1 unspecified atom stereocenters. The molecule has 0 aliphatic heterocycles. The molecule has 0 saturated carbocycles. The number of nitrogens with one attached hydrogen (secondary N) is 1. The predicted molar refractivity (Wildman–Crippen MR) is 87.5 cm³/mol. The van der Waals surface area contributed by atoms with Crippen molar-refractivity contribution < 1.29 is 14.3 Å². The van der Waals surface area contributed by atoms with E-state index in [2.05, 4.69) is 12.2 Å². The summed E-state index contributed by atoms with van der Waals surface area (Å²) in [4.78, 5) is 11.8. The van der Waals surface area contributed by atoms with Crippen LogP contribution in [-0.2, 0) is 14.3 Å². The third-order valence-electron chi connectivity index (χ3n) is 3.81. The lowest BCUT2D eigenvalue weighted by Crippen LogP contribution is -2.50. The van der Waals surface area contributed by atoms with Gasteiger partial charge in [-0.05, 0) is 32.7 Å². The first-order chi connectivity index (χ1) is 10.1. The average molecular weight is 301 g/mol. The highest BCUT2D eigenvalue weighted by molar-refractivity contribution is 5.80. The average Bonchev–Trinajstić information content (AvgIpc) is 2.48. The highest BCUT2D eigenvalue weighted by Crippen LogP contribution is 2.14. The molecule has 126 valence electrons. The summed E-state index contributed by atoms with van der Waals surface area (Å²) in [5.74, 6) is -0.194. The Balaban J connectivity index is 3.61. The number of carbonyl (C=O) groups excluding carboxylic acids is 1. The Kier molecular flexibility index (Phi) is 12.7. The first-order valence-electron chi connectivity index (χ1n) is 8.52. The number of unbranched alkanes of at least 4 members (excludes halogenated alkanes) is 5. The van der Waals surface area contributed by atoms with Crippen molar-refractivity contribution in [1.82, 2.24) is 5.32 Å². The molecular formula is C17H35NO3. The van der Waals surface area contributed by atoms with Crippen molar-refractivity contribution in [3.63, 3.8) is 0 Å². The zero-order valence-corrected chi connectivity index (χ0v) is 14.5. The highest BCUT2D eigenvalue weighted by atomic mass is 16.5. The fraction of sp³-hybridized carbons (Fsp3) is 0.941. The summed E-state index contributed by atoms with van der Waals surface area (Å²) in [5.41, 5.74) is -0.590. The summed E-state index contributed by atoms with van der Waals surface area (Å²) in [6, 6.07) is 0. The predicted octanol–water partition coefficient (Wildman–Crippen LogP) is 3.68. The van der Waals surface area contributed by atoms with Crippen LogP contribution in [0, 0.1) is 0 Å². The summed E-state index contributed by atoms with van der Waals surface area (Å²) in [5, 5.41) is 3.21. The smallest absolute Gasteiger partial charge is 0.325 e. The van der Waals surface area contributed by atoms with Crippen LogP contribution in [0.1, 0.15) is 72.1 Å². The van der Waals surface area contributed by atoms with E-state index in [9.17, 15) is 4.79 Å². The van der Waals surface area contributed by atoms with Gasteiger partial charge in [0.25, 0.3) is 0 Å². The first-order valence-corrected chi connectivity index (χ1v) is 8.52. The highest BCUT2D eigenvalue weighted by Gasteiger charge is 2.32. The minimum atomic E-state index is -0.590. The van der Waals surface area contributed by atoms with E-state index in [0.717, 1.165) is 32.4 Å². The minimum absolute atomic E-state index is 0.194. The molecule has 0 aliphatic rings. The monoisotopic (exact) mass is 301 g/mol. The molecule has 1 atom stereocenters. The molecular weight excluding hydrogens is 266 g/mol. The second-order valence-electron chi connectivity index (χ2n) is 5.84. The van der Waals surface area contributed by atoms with Crippen molar-refractivity contribution in [3.05, 3.63) is 0 Å². The molecule has 1 N–H and O–H groups in total. The van der Waals surface area contributed by atoms with Crippen LogP contribution in [0.2, 0.25) is 0 Å². The topological polar surface area (TPSA) is 47.6 Å². The van der Waals surface area contributed by atoms with Crippen LogP contribution < -0.4 is 5.32 Å². The van der Waals surface area contributed by atoms with Crippen LogP contribution in [0.25, 0.3) is 0 Å². The van der Waals surface area contributed by atoms with Gasteiger partial charge in [-0.15, -0.1) is 0 Å². The van der Waals surface area contributed by atoms with Crippen LogP contribution >= 0.6 is 0 Å². The zero-order valence-electron chi connectivity index (χ0n) is 14.5. The van der Waals surface area contributed by atoms with E-state index in [1.54, 1.807) is 0 Å². The summed E-state index contributed by atoms with van der Waals surface area (Å²) in [6.45, 7) is 8.43. The largest absolute Gasteiger partial charge is 0.468 e. The molecule has 0 aromatic rings. The van der Waals surface area contributed by atoms with Crippen molar-refractivity contribution in [3.8, 4) is 0 Å². The third-order valence-corrected chi connectivity index (χ3v) is 3.81. The number of hydrogen-bond donors (Lipinski definition) is 1. The SMILES string of the molecule is CCCCCCCCOCCCC(C)(NCC)C(=O)OC. The minimum Gasteiger partial charge on any atom is -0.468 e. The lowest BCUT2D eigenvalue weighted by Gasteiger charge is -2.27. The van der Waals surface area contributed by atoms with Crippen molar-refractivity contribution in [2.45, 2.75) is 77.7 Å². The second-order valence-corrected chi connectivity index (χ2v) is 5.84. The van der Waals surface area contributed by atoms with Gasteiger partial charge in [-0.1, -0.05) is 46.0 Å². The number of methoxy groups -OCH3 is 1. The molecule has 0 saturated heterocycles. The molecule has 0 fully saturated rings. The maximum atomic E-state index is 11.8. The van der Waals surface area contributed by atoms with Crippen LogP contribution in [0.15, 0.2) is 0 Å². The maximum Gasteiger partial charge on any atom is 0.325 e. The van der Waals surface area contributed by atoms with Crippen LogP contribution in [0.5, 0.6) is 0 Å². The Morgan fingerprint density at radius 1 is 1.00 bits per heavy atom. The number of likely N-dealkylation sites (N-methyl/N-ethyl adjacent to an activating group) is 1. The third kappa shape index (κ3) is 9.86. The molecule has 0 spiro atoms. The Labute approximate surface area is 131 Å². The van der Waals surface area contributed by atoms with E-state index in [-0.39, 0.29) is 5.97 Å². The summed E-state index contributed by atoms with van der Waals surface area (Å²) in [6.07, 6.45) is 9.31. The van der Waals surface area contributed by atoms with Gasteiger partial charge in [0.2, 0.25) is 0 Å². The van der Waals surface area contributed by atoms with E-state index >= 15 is 0 Å². The fourth-order valence-electron chi connectivity index (χ4n) is 2.49. The maximum absolute atomic E-state index is 11.8. The number of rotatable bonds is 14. The van der Waals surface area contributed by atoms with Gasteiger partial charge in [-0.3, -0.25) is 4.79 Å². The zero-order chi connectivity index (χ0) is 16.0. The normalized spacial score (nSPS) is 13.9. The number of carbonyl (C=O) groups is 1. The Morgan fingerprint density at radius 3 is 2.24 bits per heavy atom. The Morgan fingerprint density at radius 2 is 1.62 bits per heavy atom. The molecule has 0 heterocycles. The molecule has 0 aliphatic carbocycles. The first kappa shape index (κ1) is 20.4. The lowest BCUT2D eigenvalue weighted by molar-refractivity contribution is -0.148. The van der Waals surface area contributed by atoms with Gasteiger partial charge in [-0.2, -0.15) is 0 Å². The summed E-state index contributed by atoms with van der Waals surface area (Å²) >= 11 is 0. The molecule has 4 heteroatoms. The molecule has 0 bridgehead atoms. The van der Waals surface area contributed by atoms with Crippen molar-refractivity contribution in [1.29, 1.82) is 0 Å². The van der Waals surface area contributed by atoms with Gasteiger partial charge in [-0.25, -0.2) is 0 Å². The van der Waals surface area contributed by atoms with Crippen LogP contribution in [0.4, 0.5) is 0 Å². The molecule has 0 amide bonds. The van der Waals surface area contributed by atoms with Gasteiger partial charge in [0, 0.05) is 13.2 Å². The molecule has 0 aromatic heterocycles. The van der Waals surface area contributed by atoms with Gasteiger partial charge >= 0.3 is 5.97 Å². The van der Waals surface area contributed by atoms with E-state index in [1.165, 1.54) is 39.2 Å². The van der Waals surface area contributed by atoms with Gasteiger partial charge in [0.1, 0.15) is 5.54 Å². The lowest BCUT2D eigenvalue weighted by atomic mass is 9.96. The summed E-state index contributed by atoms with van der Waals surface area (Å²) < 4.78 is 10.5. The number of hydrogen-bond acceptors (Lipinski definition) is 4. The second kappa shape index (κ2) is 13.1. The van der Waals surface area contributed by atoms with Gasteiger partial charge in [0.05, 0.1) is 7.11 Å². The summed E-state index contributed by atoms with van der Waals surface area (Å²) in [7, 11) is 1.44. The standard InChI is InChI=1S/C17H35NO3/c1-5-7-8-9-10-11-14-21-15-12-13-17(3,18-6-2)16(19)20-4/h18H,5-15H2,1-4H3. The molecule has 0 rings (SSSR count). The van der Waals surface area contributed by atoms with E-state index < -0.39 is 5.54 Å². The van der Waals surface area contributed by atoms with Crippen LogP contribution in [-0.4, -0.2) is 38.4 Å². The van der Waals surface area contributed by atoms with Gasteiger partial charge < -0.3 is 14.8 Å².